The molecule has 0 bridgehead atoms. The van der Waals surface area contributed by atoms with E-state index in [-0.39, 0.29) is 18.7 Å². The molecule has 1 aliphatic carbocycles. The molecule has 4 aromatic rings. The van der Waals surface area contributed by atoms with Crippen molar-refractivity contribution in [2.75, 3.05) is 44.0 Å². The summed E-state index contributed by atoms with van der Waals surface area (Å²) in [4.78, 5) is 46.0. The van der Waals surface area contributed by atoms with Crippen molar-refractivity contribution in [3.8, 4) is 11.5 Å². The van der Waals surface area contributed by atoms with Crippen LogP contribution in [-0.2, 0) is 20.3 Å². The first-order chi connectivity index (χ1) is 21.6. The number of ether oxygens (including phenoxy) is 2. The van der Waals surface area contributed by atoms with E-state index >= 15 is 0 Å². The number of carbonyl (C=O) groups excluding carboxylic acids is 1. The summed E-state index contributed by atoms with van der Waals surface area (Å²) in [6, 6.07) is 7.44. The van der Waals surface area contributed by atoms with Crippen LogP contribution in [0.1, 0.15) is 24.1 Å². The first-order valence-electron chi connectivity index (χ1n) is 13.9. The summed E-state index contributed by atoms with van der Waals surface area (Å²) in [5.41, 5.74) is 0.352. The van der Waals surface area contributed by atoms with Crippen molar-refractivity contribution in [3.63, 3.8) is 0 Å². The summed E-state index contributed by atoms with van der Waals surface area (Å²) in [6.45, 7) is 1.43. The highest BCUT2D eigenvalue weighted by molar-refractivity contribution is 7.46. The Labute approximate surface area is 260 Å². The average Bonchev–Trinajstić information content (AvgIpc) is 3.75. The molecule has 0 saturated heterocycles. The van der Waals surface area contributed by atoms with Gasteiger partial charge in [0.05, 0.1) is 37.9 Å². The molecule has 2 aromatic heterocycles. The summed E-state index contributed by atoms with van der Waals surface area (Å²) in [5.74, 6) is -1.28. The van der Waals surface area contributed by atoms with Crippen LogP contribution in [-0.4, -0.2) is 75.0 Å². The molecule has 13 nitrogen and oxygen atoms in total. The summed E-state index contributed by atoms with van der Waals surface area (Å²) >= 11 is 1.21. The van der Waals surface area contributed by atoms with E-state index in [0.29, 0.717) is 70.4 Å². The van der Waals surface area contributed by atoms with Gasteiger partial charge in [0.2, 0.25) is 5.91 Å². The molecule has 1 fully saturated rings. The molecule has 0 atom stereocenters. The number of thiazole rings is 1. The van der Waals surface area contributed by atoms with Gasteiger partial charge in [-0.25, -0.2) is 28.3 Å². The Morgan fingerprint density at radius 3 is 2.71 bits per heavy atom. The number of carbonyl (C=O) groups is 1. The highest BCUT2D eigenvalue weighted by atomic mass is 32.1. The SMILES string of the molecule is COc1cc2c(Nc3ncc(CC(=O)Nc4cccc(F)c4F)s3)ncnc2cc1OCCCN(CCOP(=O)(O)O)C1CC1. The van der Waals surface area contributed by atoms with Crippen LogP contribution in [0, 0.1) is 11.6 Å². The average molecular weight is 665 g/mol. The topological polar surface area (TPSA) is 168 Å². The van der Waals surface area contributed by atoms with Crippen molar-refractivity contribution in [2.24, 2.45) is 0 Å². The van der Waals surface area contributed by atoms with Gasteiger partial charge in [-0.1, -0.05) is 6.07 Å². The largest absolute Gasteiger partial charge is 0.493 e. The van der Waals surface area contributed by atoms with Gasteiger partial charge in [-0.05, 0) is 37.5 Å². The maximum Gasteiger partial charge on any atom is 0.469 e. The Bertz CT molecular complexity index is 1700. The molecule has 1 saturated carbocycles. The number of halogens is 2. The van der Waals surface area contributed by atoms with Crippen molar-refractivity contribution < 1.29 is 41.9 Å². The van der Waals surface area contributed by atoms with E-state index in [1.165, 1.54) is 43.1 Å². The van der Waals surface area contributed by atoms with Crippen molar-refractivity contribution in [1.29, 1.82) is 0 Å². The van der Waals surface area contributed by atoms with Crippen molar-refractivity contribution in [3.05, 3.63) is 59.4 Å². The molecule has 45 heavy (non-hydrogen) atoms. The highest BCUT2D eigenvalue weighted by Gasteiger charge is 2.29. The predicted molar refractivity (Wildman–Crippen MR) is 163 cm³/mol. The smallest absolute Gasteiger partial charge is 0.469 e. The number of hydrogen-bond donors (Lipinski definition) is 4. The minimum atomic E-state index is -4.49. The Kier molecular flexibility index (Phi) is 10.5. The fourth-order valence-electron chi connectivity index (χ4n) is 4.58. The molecular formula is C28H31F2N6O7PS. The zero-order valence-corrected chi connectivity index (χ0v) is 25.8. The third kappa shape index (κ3) is 9.12. The number of nitrogens with one attached hydrogen (secondary N) is 2. The Morgan fingerprint density at radius 1 is 1.13 bits per heavy atom. The second kappa shape index (κ2) is 14.5. The van der Waals surface area contributed by atoms with E-state index in [4.69, 9.17) is 19.3 Å². The van der Waals surface area contributed by atoms with Crippen LogP contribution in [0.25, 0.3) is 10.9 Å². The maximum atomic E-state index is 13.9. The number of aromatic nitrogens is 3. The van der Waals surface area contributed by atoms with Crippen LogP contribution in [0.4, 0.5) is 25.4 Å². The number of phosphoric acid groups is 1. The molecular weight excluding hydrogens is 633 g/mol. The van der Waals surface area contributed by atoms with E-state index in [1.807, 2.05) is 0 Å². The van der Waals surface area contributed by atoms with Gasteiger partial charge in [0, 0.05) is 41.7 Å². The fourth-order valence-corrected chi connectivity index (χ4v) is 5.71. The lowest BCUT2D eigenvalue weighted by Gasteiger charge is -2.22. The lowest BCUT2D eigenvalue weighted by Crippen LogP contribution is -2.31. The van der Waals surface area contributed by atoms with Gasteiger partial charge in [0.15, 0.2) is 28.3 Å². The number of amides is 1. The van der Waals surface area contributed by atoms with E-state index in [2.05, 4.69) is 35.0 Å². The third-order valence-electron chi connectivity index (χ3n) is 6.81. The quantitative estimate of drug-likeness (QED) is 0.0969. The van der Waals surface area contributed by atoms with Crippen LogP contribution in [0.3, 0.4) is 0 Å². The zero-order chi connectivity index (χ0) is 32.0. The molecule has 2 heterocycles. The second-order valence-corrected chi connectivity index (χ2v) is 12.5. The number of phosphoric ester groups is 1. The monoisotopic (exact) mass is 664 g/mol. The Morgan fingerprint density at radius 2 is 1.96 bits per heavy atom. The van der Waals surface area contributed by atoms with Gasteiger partial charge in [-0.3, -0.25) is 14.2 Å². The molecule has 0 spiro atoms. The van der Waals surface area contributed by atoms with Crippen LogP contribution < -0.4 is 20.1 Å². The Hall–Kier alpha value is -3.79. The number of hydrogen-bond acceptors (Lipinski definition) is 11. The minimum absolute atomic E-state index is 0.0500. The molecule has 1 amide bonds. The van der Waals surface area contributed by atoms with Gasteiger partial charge in [0.25, 0.3) is 0 Å². The second-order valence-electron chi connectivity index (χ2n) is 10.1. The summed E-state index contributed by atoms with van der Waals surface area (Å²) in [7, 11) is -2.97. The molecule has 0 aliphatic heterocycles. The first-order valence-corrected chi connectivity index (χ1v) is 16.3. The number of anilines is 3. The van der Waals surface area contributed by atoms with Gasteiger partial charge in [-0.15, -0.1) is 11.3 Å². The van der Waals surface area contributed by atoms with Gasteiger partial charge < -0.3 is 29.9 Å². The molecule has 240 valence electrons. The molecule has 5 rings (SSSR count). The van der Waals surface area contributed by atoms with E-state index < -0.39 is 25.4 Å². The maximum absolute atomic E-state index is 13.9. The molecule has 0 radical (unpaired) electrons. The zero-order valence-electron chi connectivity index (χ0n) is 24.1. The first kappa shape index (κ1) is 32.6. The third-order valence-corrected chi connectivity index (χ3v) is 8.24. The molecule has 2 aromatic carbocycles. The van der Waals surface area contributed by atoms with Crippen molar-refractivity contribution >= 4 is 52.6 Å². The van der Waals surface area contributed by atoms with Crippen LogP contribution in [0.5, 0.6) is 11.5 Å². The highest BCUT2D eigenvalue weighted by Crippen LogP contribution is 2.37. The van der Waals surface area contributed by atoms with E-state index in [1.54, 1.807) is 12.1 Å². The van der Waals surface area contributed by atoms with Crippen LogP contribution >= 0.6 is 19.2 Å². The van der Waals surface area contributed by atoms with E-state index in [9.17, 15) is 18.1 Å². The lowest BCUT2D eigenvalue weighted by molar-refractivity contribution is -0.115. The fraction of sp³-hybridized carbons (Fsp3) is 0.357. The summed E-state index contributed by atoms with van der Waals surface area (Å²) in [5, 5.41) is 6.61. The predicted octanol–water partition coefficient (Wildman–Crippen LogP) is 4.64. The van der Waals surface area contributed by atoms with Gasteiger partial charge in [0.1, 0.15) is 12.1 Å². The molecule has 4 N–H and O–H groups in total. The van der Waals surface area contributed by atoms with E-state index in [0.717, 1.165) is 18.9 Å². The summed E-state index contributed by atoms with van der Waals surface area (Å²) in [6.07, 6.45) is 5.57. The standard InChI is InChI=1S/C28H31F2N6O7PS/c1-41-23-13-19-22(14-24(23)42-10-3-8-36(17-6-7-17)9-11-43-44(38,39)40)32-16-33-27(19)35-28-31-15-18(45-28)12-25(37)34-21-5-2-4-20(29)26(21)30/h2,4-5,13-17H,3,6-12H2,1H3,(H,34,37)(H2,38,39,40)(H,31,32,33,35). The van der Waals surface area contributed by atoms with Crippen molar-refractivity contribution in [1.82, 2.24) is 19.9 Å². The van der Waals surface area contributed by atoms with Crippen LogP contribution in [0.2, 0.25) is 0 Å². The van der Waals surface area contributed by atoms with Crippen molar-refractivity contribution in [2.45, 2.75) is 31.7 Å². The summed E-state index contributed by atoms with van der Waals surface area (Å²) < 4.78 is 54.5. The number of benzene rings is 2. The lowest BCUT2D eigenvalue weighted by atomic mass is 10.2. The number of rotatable bonds is 16. The molecule has 1 aliphatic rings. The minimum Gasteiger partial charge on any atom is -0.493 e. The Balaban J connectivity index is 1.18. The number of methoxy groups -OCH3 is 1. The number of fused-ring (bicyclic) bond motifs is 1. The van der Waals surface area contributed by atoms with Gasteiger partial charge >= 0.3 is 7.82 Å². The van der Waals surface area contributed by atoms with Crippen LogP contribution in [0.15, 0.2) is 42.9 Å². The normalized spacial score (nSPS) is 13.3. The molecule has 17 heteroatoms. The number of nitrogens with zero attached hydrogens (tertiary/aromatic N) is 4. The van der Waals surface area contributed by atoms with Gasteiger partial charge in [-0.2, -0.15) is 0 Å². The molecule has 0 unspecified atom stereocenters.